The zero-order valence-electron chi connectivity index (χ0n) is 15.5. The molecular formula is C20H17ClN4O2S. The van der Waals surface area contributed by atoms with Gasteiger partial charge in [0.2, 0.25) is 5.91 Å². The average molecular weight is 413 g/mol. The predicted octanol–water partition coefficient (Wildman–Crippen LogP) is 4.22. The van der Waals surface area contributed by atoms with Gasteiger partial charge in [-0.3, -0.25) is 14.2 Å². The van der Waals surface area contributed by atoms with Gasteiger partial charge in [0.15, 0.2) is 0 Å². The summed E-state index contributed by atoms with van der Waals surface area (Å²) in [6.07, 6.45) is 0. The number of thiophene rings is 1. The molecule has 6 nitrogen and oxygen atoms in total. The number of fused-ring (bicyclic) bond motifs is 3. The molecule has 0 fully saturated rings. The Balaban J connectivity index is 1.74. The molecule has 0 atom stereocenters. The molecule has 1 amide bonds. The van der Waals surface area contributed by atoms with Gasteiger partial charge in [-0.2, -0.15) is 0 Å². The highest BCUT2D eigenvalue weighted by atomic mass is 35.5. The lowest BCUT2D eigenvalue weighted by Crippen LogP contribution is -2.29. The molecule has 1 aromatic carbocycles. The Morgan fingerprint density at radius 3 is 2.61 bits per heavy atom. The van der Waals surface area contributed by atoms with Gasteiger partial charge in [-0.05, 0) is 56.7 Å². The first-order valence-electron chi connectivity index (χ1n) is 8.67. The molecule has 8 heteroatoms. The van der Waals surface area contributed by atoms with Crippen LogP contribution in [0.25, 0.3) is 20.4 Å². The van der Waals surface area contributed by atoms with Crippen molar-refractivity contribution in [3.05, 3.63) is 62.8 Å². The lowest BCUT2D eigenvalue weighted by atomic mass is 10.1. The van der Waals surface area contributed by atoms with Gasteiger partial charge in [0.25, 0.3) is 5.56 Å². The van der Waals surface area contributed by atoms with Crippen molar-refractivity contribution in [1.82, 2.24) is 14.5 Å². The van der Waals surface area contributed by atoms with E-state index in [1.165, 1.54) is 15.9 Å². The second kappa shape index (κ2) is 7.00. The summed E-state index contributed by atoms with van der Waals surface area (Å²) in [5.41, 5.74) is 2.98. The lowest BCUT2D eigenvalue weighted by molar-refractivity contribution is -0.116. The van der Waals surface area contributed by atoms with Crippen LogP contribution in [-0.4, -0.2) is 20.4 Å². The Morgan fingerprint density at radius 2 is 1.89 bits per heavy atom. The molecule has 0 aliphatic carbocycles. The van der Waals surface area contributed by atoms with E-state index >= 15 is 0 Å². The summed E-state index contributed by atoms with van der Waals surface area (Å²) in [6.45, 7) is 5.53. The fourth-order valence-corrected chi connectivity index (χ4v) is 4.54. The molecule has 0 spiro atoms. The summed E-state index contributed by atoms with van der Waals surface area (Å²) in [4.78, 5) is 35.4. The van der Waals surface area contributed by atoms with E-state index in [4.69, 9.17) is 11.6 Å². The summed E-state index contributed by atoms with van der Waals surface area (Å²) in [5.74, 6) is 0.184. The number of anilines is 1. The predicted molar refractivity (Wildman–Crippen MR) is 113 cm³/mol. The molecule has 0 radical (unpaired) electrons. The van der Waals surface area contributed by atoms with Crippen molar-refractivity contribution in [2.75, 3.05) is 5.32 Å². The van der Waals surface area contributed by atoms with E-state index < -0.39 is 0 Å². The van der Waals surface area contributed by atoms with Crippen LogP contribution in [0.3, 0.4) is 0 Å². The molecule has 28 heavy (non-hydrogen) atoms. The van der Waals surface area contributed by atoms with Crippen LogP contribution in [0.2, 0.25) is 5.02 Å². The van der Waals surface area contributed by atoms with Crippen LogP contribution in [0.4, 0.5) is 5.69 Å². The van der Waals surface area contributed by atoms with Crippen LogP contribution < -0.4 is 10.9 Å². The highest BCUT2D eigenvalue weighted by molar-refractivity contribution is 7.25. The van der Waals surface area contributed by atoms with Gasteiger partial charge >= 0.3 is 0 Å². The van der Waals surface area contributed by atoms with Crippen molar-refractivity contribution in [2.24, 2.45) is 0 Å². The number of nitrogens with zero attached hydrogens (tertiary/aromatic N) is 3. The smallest absolute Gasteiger partial charge is 0.272 e. The maximum atomic E-state index is 13.1. The van der Waals surface area contributed by atoms with Gasteiger partial charge in [-0.25, -0.2) is 9.97 Å². The molecule has 4 aromatic rings. The second-order valence-corrected chi connectivity index (χ2v) is 8.08. The van der Waals surface area contributed by atoms with Crippen molar-refractivity contribution >= 4 is 55.0 Å². The molecular weight excluding hydrogens is 396 g/mol. The third kappa shape index (κ3) is 3.27. The fraction of sp³-hybridized carbons (Fsp3) is 0.200. The van der Waals surface area contributed by atoms with E-state index in [-0.39, 0.29) is 18.0 Å². The number of benzene rings is 1. The van der Waals surface area contributed by atoms with Crippen molar-refractivity contribution in [3.63, 3.8) is 0 Å². The van der Waals surface area contributed by atoms with Gasteiger partial charge in [0.05, 0.1) is 5.52 Å². The summed E-state index contributed by atoms with van der Waals surface area (Å²) in [6, 6.07) is 8.78. The summed E-state index contributed by atoms with van der Waals surface area (Å²) >= 11 is 7.18. The third-order valence-electron chi connectivity index (χ3n) is 4.50. The van der Waals surface area contributed by atoms with E-state index in [9.17, 15) is 9.59 Å². The van der Waals surface area contributed by atoms with Crippen LogP contribution >= 0.6 is 22.9 Å². The van der Waals surface area contributed by atoms with Crippen LogP contribution in [0.1, 0.15) is 17.1 Å². The molecule has 0 saturated heterocycles. The summed E-state index contributed by atoms with van der Waals surface area (Å²) < 4.78 is 1.91. The molecule has 0 aliphatic rings. The minimum atomic E-state index is -0.306. The number of carbonyl (C=O) groups is 1. The molecule has 0 bridgehead atoms. The first kappa shape index (κ1) is 18.6. The quantitative estimate of drug-likeness (QED) is 0.546. The van der Waals surface area contributed by atoms with Gasteiger partial charge in [0.1, 0.15) is 21.9 Å². The molecule has 1 N–H and O–H groups in total. The zero-order valence-corrected chi connectivity index (χ0v) is 17.1. The van der Waals surface area contributed by atoms with Gasteiger partial charge in [0, 0.05) is 21.8 Å². The van der Waals surface area contributed by atoms with E-state index in [0.29, 0.717) is 26.8 Å². The number of rotatable bonds is 3. The average Bonchev–Trinajstić information content (AvgIpc) is 2.99. The first-order valence-corrected chi connectivity index (χ1v) is 9.86. The van der Waals surface area contributed by atoms with Crippen molar-refractivity contribution in [3.8, 4) is 0 Å². The number of aryl methyl sites for hydroxylation is 3. The molecule has 0 saturated carbocycles. The van der Waals surface area contributed by atoms with Crippen molar-refractivity contribution in [2.45, 2.75) is 27.3 Å². The van der Waals surface area contributed by atoms with Crippen LogP contribution in [0.15, 0.2) is 35.1 Å². The van der Waals surface area contributed by atoms with Gasteiger partial charge < -0.3 is 5.32 Å². The topological polar surface area (TPSA) is 76.9 Å². The molecule has 3 aromatic heterocycles. The van der Waals surface area contributed by atoms with E-state index in [1.54, 1.807) is 31.2 Å². The number of aromatic nitrogens is 3. The van der Waals surface area contributed by atoms with E-state index in [0.717, 1.165) is 21.5 Å². The molecule has 142 valence electrons. The number of hydrogen-bond donors (Lipinski definition) is 1. The zero-order chi connectivity index (χ0) is 20.0. The number of pyridine rings is 1. The third-order valence-corrected chi connectivity index (χ3v) is 5.81. The normalized spacial score (nSPS) is 11.3. The largest absolute Gasteiger partial charge is 0.325 e. The Bertz CT molecular complexity index is 1290. The second-order valence-electron chi connectivity index (χ2n) is 6.65. The first-order chi connectivity index (χ1) is 13.3. The Kier molecular flexibility index (Phi) is 4.64. The number of amides is 1. The summed E-state index contributed by atoms with van der Waals surface area (Å²) in [5, 5.41) is 4.26. The molecule has 3 heterocycles. The van der Waals surface area contributed by atoms with Gasteiger partial charge in [-0.1, -0.05) is 11.6 Å². The number of hydrogen-bond acceptors (Lipinski definition) is 5. The number of halogens is 1. The van der Waals surface area contributed by atoms with Crippen molar-refractivity contribution < 1.29 is 4.79 Å². The molecule has 0 aliphatic heterocycles. The van der Waals surface area contributed by atoms with E-state index in [1.807, 2.05) is 19.9 Å². The monoisotopic (exact) mass is 412 g/mol. The summed E-state index contributed by atoms with van der Waals surface area (Å²) in [7, 11) is 0. The minimum Gasteiger partial charge on any atom is -0.325 e. The molecule has 4 rings (SSSR count). The fourth-order valence-electron chi connectivity index (χ4n) is 3.23. The maximum absolute atomic E-state index is 13.1. The number of carbonyl (C=O) groups excluding carboxylic acids is 1. The lowest BCUT2D eigenvalue weighted by Gasteiger charge is -2.10. The molecule has 0 unspecified atom stereocenters. The minimum absolute atomic E-state index is 0.115. The standard InChI is InChI=1S/C20H17ClN4O2S/c1-10-8-11(2)22-19-16(10)17-18(28-19)20(27)25(12(3)23-17)9-15(26)24-14-6-4-13(21)5-7-14/h4-8H,9H2,1-3H3,(H,24,26). The van der Waals surface area contributed by atoms with Crippen LogP contribution in [0, 0.1) is 20.8 Å². The van der Waals surface area contributed by atoms with E-state index in [2.05, 4.69) is 15.3 Å². The van der Waals surface area contributed by atoms with Crippen molar-refractivity contribution in [1.29, 1.82) is 0 Å². The SMILES string of the molecule is Cc1cc(C)c2c(n1)sc1c(=O)n(CC(=O)Nc3ccc(Cl)cc3)c(C)nc12. The highest BCUT2D eigenvalue weighted by Crippen LogP contribution is 2.32. The maximum Gasteiger partial charge on any atom is 0.272 e. The Labute approximate surface area is 169 Å². The van der Waals surface area contributed by atoms with Crippen LogP contribution in [0.5, 0.6) is 0 Å². The van der Waals surface area contributed by atoms with Gasteiger partial charge in [-0.15, -0.1) is 11.3 Å². The number of nitrogens with one attached hydrogen (secondary N) is 1. The van der Waals surface area contributed by atoms with Crippen LogP contribution in [-0.2, 0) is 11.3 Å². The Morgan fingerprint density at radius 1 is 1.18 bits per heavy atom. The highest BCUT2D eigenvalue weighted by Gasteiger charge is 2.18. The Hall–Kier alpha value is -2.77.